The second-order valence-electron chi connectivity index (χ2n) is 6.48. The minimum atomic E-state index is -0.764. The summed E-state index contributed by atoms with van der Waals surface area (Å²) in [5.41, 5.74) is 4.16. The average molecular weight is 443 g/mol. The van der Waals surface area contributed by atoms with E-state index in [2.05, 4.69) is 48.5 Å². The van der Waals surface area contributed by atoms with Crippen molar-refractivity contribution in [1.29, 1.82) is 0 Å². The number of aliphatic carboxylic acids is 1. The van der Waals surface area contributed by atoms with E-state index in [4.69, 9.17) is 5.11 Å². The van der Waals surface area contributed by atoms with E-state index >= 15 is 0 Å². The van der Waals surface area contributed by atoms with Crippen LogP contribution in [0.4, 0.5) is 0 Å². The first-order chi connectivity index (χ1) is 12.1. The fourth-order valence-corrected chi connectivity index (χ4v) is 3.83. The van der Waals surface area contributed by atoms with Gasteiger partial charge in [0.05, 0.1) is 6.54 Å². The molecule has 3 nitrogen and oxygen atoms in total. The molecule has 0 fully saturated rings. The van der Waals surface area contributed by atoms with Crippen LogP contribution in [0.3, 0.4) is 0 Å². The third-order valence-electron chi connectivity index (χ3n) is 4.76. The van der Waals surface area contributed by atoms with E-state index in [1.54, 1.807) is 0 Å². The normalized spacial score (nSPS) is 17.5. The van der Waals surface area contributed by atoms with Crippen molar-refractivity contribution in [3.05, 3.63) is 78.7 Å². The molecule has 1 aliphatic carbocycles. The molecule has 2 aromatic rings. The molecule has 0 amide bonds. The van der Waals surface area contributed by atoms with Gasteiger partial charge in [0.25, 0.3) is 0 Å². The fraction of sp³-hybridized carbons (Fsp3) is 0.391. The molecule has 4 heteroatoms. The van der Waals surface area contributed by atoms with Gasteiger partial charge in [-0.3, -0.25) is 9.69 Å². The van der Waals surface area contributed by atoms with E-state index in [9.17, 15) is 4.79 Å². The number of nitrogens with zero attached hydrogens (tertiary/aromatic N) is 1. The van der Waals surface area contributed by atoms with Crippen LogP contribution in [0.5, 0.6) is 0 Å². The Hall–Kier alpha value is -1.03. The Morgan fingerprint density at radius 3 is 2.30 bits per heavy atom. The quantitative estimate of drug-likeness (QED) is 0.671. The first-order valence-electron chi connectivity index (χ1n) is 9.18. The maximum atomic E-state index is 11.0. The SMILES string of the molecule is CC.CN(CC(=O)O)CC1CCc2ccccc2C1c1ccccc1.[CH3-].[Y]. The molecule has 2 atom stereocenters. The summed E-state index contributed by atoms with van der Waals surface area (Å²) < 4.78 is 0. The first kappa shape index (κ1) is 26.0. The summed E-state index contributed by atoms with van der Waals surface area (Å²) in [6, 6.07) is 19.3. The summed E-state index contributed by atoms with van der Waals surface area (Å²) in [7, 11) is 1.90. The van der Waals surface area contributed by atoms with Gasteiger partial charge in [-0.25, -0.2) is 0 Å². The molecule has 27 heavy (non-hydrogen) atoms. The first-order valence-corrected chi connectivity index (χ1v) is 9.18. The molecule has 1 aliphatic rings. The summed E-state index contributed by atoms with van der Waals surface area (Å²) >= 11 is 0. The predicted molar refractivity (Wildman–Crippen MR) is 109 cm³/mol. The molecule has 0 saturated heterocycles. The standard InChI is InChI=1S/C20H23NO2.C2H6.CH3.Y/c1-21(14-19(22)23)13-17-12-11-15-7-5-6-10-18(15)20(17)16-8-3-2-4-9-16;1-2;;/h2-10,17,20H,11-14H2,1H3,(H,22,23);1-2H3;1H3;/q;;-1;. The number of hydrogen-bond acceptors (Lipinski definition) is 2. The molecule has 0 heterocycles. The summed E-state index contributed by atoms with van der Waals surface area (Å²) in [4.78, 5) is 12.9. The Bertz CT molecular complexity index is 675. The van der Waals surface area contributed by atoms with Crippen LogP contribution in [0.15, 0.2) is 54.6 Å². The van der Waals surface area contributed by atoms with E-state index in [0.717, 1.165) is 19.4 Å². The van der Waals surface area contributed by atoms with Crippen molar-refractivity contribution >= 4 is 5.97 Å². The Labute approximate surface area is 190 Å². The third kappa shape index (κ3) is 7.14. The van der Waals surface area contributed by atoms with E-state index in [1.165, 1.54) is 16.7 Å². The van der Waals surface area contributed by atoms with Crippen LogP contribution in [-0.2, 0) is 43.9 Å². The predicted octanol–water partition coefficient (Wildman–Crippen LogP) is 4.87. The molecule has 3 rings (SSSR count). The van der Waals surface area contributed by atoms with Crippen molar-refractivity contribution < 1.29 is 42.6 Å². The van der Waals surface area contributed by atoms with E-state index in [0.29, 0.717) is 11.8 Å². The number of likely N-dealkylation sites (N-methyl/N-ethyl adjacent to an activating group) is 1. The molecule has 2 unspecified atom stereocenters. The molecule has 2 aromatic carbocycles. The smallest absolute Gasteiger partial charge is 0.317 e. The summed E-state index contributed by atoms with van der Waals surface area (Å²) in [6.07, 6.45) is 2.17. The Kier molecular flexibility index (Phi) is 12.7. The van der Waals surface area contributed by atoms with Crippen molar-refractivity contribution in [3.8, 4) is 0 Å². The number of rotatable bonds is 5. The molecule has 0 bridgehead atoms. The van der Waals surface area contributed by atoms with E-state index in [-0.39, 0.29) is 46.7 Å². The van der Waals surface area contributed by atoms with Gasteiger partial charge in [-0.15, -0.1) is 0 Å². The molecule has 1 N–H and O–H groups in total. The van der Waals surface area contributed by atoms with Crippen LogP contribution >= 0.6 is 0 Å². The van der Waals surface area contributed by atoms with Gasteiger partial charge in [0.1, 0.15) is 0 Å². The van der Waals surface area contributed by atoms with E-state index in [1.807, 2.05) is 31.9 Å². The van der Waals surface area contributed by atoms with Crippen molar-refractivity contribution in [2.45, 2.75) is 32.6 Å². The maximum Gasteiger partial charge on any atom is 0.317 e. The third-order valence-corrected chi connectivity index (χ3v) is 4.76. The molecule has 145 valence electrons. The monoisotopic (exact) mass is 443 g/mol. The minimum absolute atomic E-state index is 0. The van der Waals surface area contributed by atoms with Gasteiger partial charge in [-0.2, -0.15) is 0 Å². The Balaban J connectivity index is 0.00000164. The summed E-state index contributed by atoms with van der Waals surface area (Å²) in [5.74, 6) is 0.0222. The average Bonchev–Trinajstić information content (AvgIpc) is 2.63. The largest absolute Gasteiger partial charge is 0.480 e. The number of benzene rings is 2. The number of carbonyl (C=O) groups is 1. The molecule has 0 aliphatic heterocycles. The van der Waals surface area contributed by atoms with E-state index < -0.39 is 5.97 Å². The second-order valence-corrected chi connectivity index (χ2v) is 6.48. The number of carboxylic acid groups (broad SMARTS) is 1. The number of carboxylic acids is 1. The van der Waals surface area contributed by atoms with Crippen LogP contribution in [0.2, 0.25) is 0 Å². The van der Waals surface area contributed by atoms with Gasteiger partial charge in [-0.05, 0) is 42.5 Å². The Morgan fingerprint density at radius 2 is 1.67 bits per heavy atom. The molecule has 1 radical (unpaired) electrons. The summed E-state index contributed by atoms with van der Waals surface area (Å²) in [5, 5.41) is 9.01. The fourth-order valence-electron chi connectivity index (χ4n) is 3.83. The molecule has 0 spiro atoms. The number of fused-ring (bicyclic) bond motifs is 1. The maximum absolute atomic E-state index is 11.0. The van der Waals surface area contributed by atoms with Crippen molar-refractivity contribution in [3.63, 3.8) is 0 Å². The molecule has 0 aromatic heterocycles. The number of hydrogen-bond donors (Lipinski definition) is 1. The van der Waals surface area contributed by atoms with Gasteiger partial charge in [0, 0.05) is 45.2 Å². The van der Waals surface area contributed by atoms with Crippen LogP contribution in [-0.4, -0.2) is 36.1 Å². The van der Waals surface area contributed by atoms with Gasteiger partial charge in [0.15, 0.2) is 0 Å². The molecular weight excluding hydrogens is 411 g/mol. The zero-order chi connectivity index (χ0) is 18.2. The zero-order valence-electron chi connectivity index (χ0n) is 17.1. The van der Waals surface area contributed by atoms with Gasteiger partial charge in [0.2, 0.25) is 0 Å². The van der Waals surface area contributed by atoms with Crippen LogP contribution in [0.1, 0.15) is 42.9 Å². The van der Waals surface area contributed by atoms with Crippen molar-refractivity contribution in [2.75, 3.05) is 20.1 Å². The summed E-state index contributed by atoms with van der Waals surface area (Å²) in [6.45, 7) is 4.90. The zero-order valence-corrected chi connectivity index (χ0v) is 19.9. The minimum Gasteiger partial charge on any atom is -0.480 e. The van der Waals surface area contributed by atoms with Crippen LogP contribution in [0, 0.1) is 13.3 Å². The molecule has 0 saturated carbocycles. The second kappa shape index (κ2) is 13.2. The van der Waals surface area contributed by atoms with Crippen molar-refractivity contribution in [2.24, 2.45) is 5.92 Å². The Morgan fingerprint density at radius 1 is 1.07 bits per heavy atom. The van der Waals surface area contributed by atoms with Gasteiger partial charge in [-0.1, -0.05) is 68.4 Å². The van der Waals surface area contributed by atoms with Crippen LogP contribution in [0.25, 0.3) is 0 Å². The molecular formula is C23H32NO2Y-. The van der Waals surface area contributed by atoms with Gasteiger partial charge < -0.3 is 12.5 Å². The van der Waals surface area contributed by atoms with Gasteiger partial charge >= 0.3 is 5.97 Å². The topological polar surface area (TPSA) is 40.5 Å². The van der Waals surface area contributed by atoms with Crippen LogP contribution < -0.4 is 0 Å². The van der Waals surface area contributed by atoms with Crippen molar-refractivity contribution in [1.82, 2.24) is 4.90 Å². The number of aryl methyl sites for hydroxylation is 1.